The van der Waals surface area contributed by atoms with Crippen LogP contribution >= 0.6 is 0 Å². The molecule has 1 N–H and O–H groups in total. The summed E-state index contributed by atoms with van der Waals surface area (Å²) < 4.78 is 0. The molecule has 0 bridgehead atoms. The lowest BCUT2D eigenvalue weighted by atomic mass is 10.00. The van der Waals surface area contributed by atoms with Crippen LogP contribution in [0, 0.1) is 11.3 Å². The fraction of sp³-hybridized carbons (Fsp3) is 0.250. The topological polar surface area (TPSA) is 56.9 Å². The average molecular weight is 148 g/mol. The van der Waals surface area contributed by atoms with Crippen LogP contribution in [-0.2, 0) is 5.60 Å². The van der Waals surface area contributed by atoms with Gasteiger partial charge in [-0.3, -0.25) is 4.98 Å². The molecule has 0 amide bonds. The van der Waals surface area contributed by atoms with Crippen LogP contribution < -0.4 is 0 Å². The zero-order valence-electron chi connectivity index (χ0n) is 6.15. The van der Waals surface area contributed by atoms with Crippen molar-refractivity contribution >= 4 is 0 Å². The van der Waals surface area contributed by atoms with E-state index in [4.69, 9.17) is 5.26 Å². The van der Waals surface area contributed by atoms with E-state index in [1.807, 2.05) is 0 Å². The maximum absolute atomic E-state index is 9.41. The van der Waals surface area contributed by atoms with E-state index < -0.39 is 5.60 Å². The van der Waals surface area contributed by atoms with Gasteiger partial charge in [0.1, 0.15) is 6.07 Å². The predicted molar refractivity (Wildman–Crippen MR) is 39.4 cm³/mol. The van der Waals surface area contributed by atoms with E-state index in [0.717, 1.165) is 0 Å². The highest BCUT2D eigenvalue weighted by Crippen LogP contribution is 2.17. The molecule has 0 unspecified atom stereocenters. The van der Waals surface area contributed by atoms with Crippen LogP contribution in [0.5, 0.6) is 0 Å². The van der Waals surface area contributed by atoms with Gasteiger partial charge in [0.25, 0.3) is 0 Å². The summed E-state index contributed by atoms with van der Waals surface area (Å²) in [6.07, 6.45) is 3.09. The zero-order chi connectivity index (χ0) is 8.32. The van der Waals surface area contributed by atoms with Crippen LogP contribution in [0.15, 0.2) is 24.5 Å². The largest absolute Gasteiger partial charge is 0.372 e. The Hall–Kier alpha value is -1.40. The molecule has 0 saturated heterocycles. The molecular formula is C8H8N2O. The normalized spacial score (nSPS) is 15.0. The Morgan fingerprint density at radius 3 is 2.55 bits per heavy atom. The standard InChI is InChI=1S/C8H8N2O/c1-8(11,6-9)7-2-4-10-5-3-7/h2-5,11H,1H3/t8-/m1/s1. The minimum Gasteiger partial charge on any atom is -0.372 e. The van der Waals surface area contributed by atoms with Gasteiger partial charge in [-0.1, -0.05) is 0 Å². The number of hydrogen-bond acceptors (Lipinski definition) is 3. The van der Waals surface area contributed by atoms with Crippen molar-refractivity contribution in [1.82, 2.24) is 4.98 Å². The van der Waals surface area contributed by atoms with Crippen molar-refractivity contribution < 1.29 is 5.11 Å². The highest BCUT2D eigenvalue weighted by Gasteiger charge is 2.21. The van der Waals surface area contributed by atoms with Gasteiger partial charge in [-0.2, -0.15) is 5.26 Å². The van der Waals surface area contributed by atoms with E-state index in [0.29, 0.717) is 5.56 Å². The third kappa shape index (κ3) is 1.54. The second-order valence-corrected chi connectivity index (χ2v) is 2.42. The Morgan fingerprint density at radius 2 is 2.09 bits per heavy atom. The van der Waals surface area contributed by atoms with Gasteiger partial charge < -0.3 is 5.11 Å². The molecule has 1 aromatic heterocycles. The Bertz CT molecular complexity index is 274. The van der Waals surface area contributed by atoms with E-state index in [2.05, 4.69) is 4.98 Å². The van der Waals surface area contributed by atoms with Gasteiger partial charge in [0.2, 0.25) is 0 Å². The van der Waals surface area contributed by atoms with E-state index in [-0.39, 0.29) is 0 Å². The van der Waals surface area contributed by atoms with Crippen molar-refractivity contribution in [3.8, 4) is 6.07 Å². The number of pyridine rings is 1. The maximum Gasteiger partial charge on any atom is 0.173 e. The molecule has 0 aromatic carbocycles. The smallest absolute Gasteiger partial charge is 0.173 e. The Balaban J connectivity index is 3.05. The van der Waals surface area contributed by atoms with E-state index in [1.54, 1.807) is 30.6 Å². The molecule has 0 radical (unpaired) electrons. The molecule has 0 fully saturated rings. The van der Waals surface area contributed by atoms with Crippen LogP contribution in [0.2, 0.25) is 0 Å². The third-order valence-electron chi connectivity index (χ3n) is 1.46. The summed E-state index contributed by atoms with van der Waals surface area (Å²) in [7, 11) is 0. The Kier molecular flexibility index (Phi) is 1.88. The highest BCUT2D eigenvalue weighted by atomic mass is 16.3. The van der Waals surface area contributed by atoms with Crippen molar-refractivity contribution in [1.29, 1.82) is 5.26 Å². The summed E-state index contributed by atoms with van der Waals surface area (Å²) in [6.45, 7) is 1.45. The first-order valence-corrected chi connectivity index (χ1v) is 3.21. The molecule has 11 heavy (non-hydrogen) atoms. The van der Waals surface area contributed by atoms with Crippen LogP contribution in [-0.4, -0.2) is 10.1 Å². The first-order valence-electron chi connectivity index (χ1n) is 3.21. The van der Waals surface area contributed by atoms with Gasteiger partial charge in [0.15, 0.2) is 5.60 Å². The summed E-state index contributed by atoms with van der Waals surface area (Å²) in [5.74, 6) is 0. The van der Waals surface area contributed by atoms with Crippen LogP contribution in [0.25, 0.3) is 0 Å². The van der Waals surface area contributed by atoms with Crippen molar-refractivity contribution in [2.45, 2.75) is 12.5 Å². The lowest BCUT2D eigenvalue weighted by Gasteiger charge is -2.12. The molecule has 0 saturated carbocycles. The molecule has 1 heterocycles. The third-order valence-corrected chi connectivity index (χ3v) is 1.46. The minimum atomic E-state index is -1.40. The number of nitrogens with zero attached hydrogens (tertiary/aromatic N) is 2. The lowest BCUT2D eigenvalue weighted by Crippen LogP contribution is -2.17. The number of aliphatic hydroxyl groups is 1. The van der Waals surface area contributed by atoms with E-state index >= 15 is 0 Å². The van der Waals surface area contributed by atoms with Crippen LogP contribution in [0.1, 0.15) is 12.5 Å². The summed E-state index contributed by atoms with van der Waals surface area (Å²) in [5, 5.41) is 17.9. The first kappa shape index (κ1) is 7.70. The quantitative estimate of drug-likeness (QED) is 0.599. The molecule has 3 nitrogen and oxygen atoms in total. The maximum atomic E-state index is 9.41. The van der Waals surface area contributed by atoms with Crippen LogP contribution in [0.3, 0.4) is 0 Å². The highest BCUT2D eigenvalue weighted by molar-refractivity contribution is 5.24. The van der Waals surface area contributed by atoms with E-state index in [9.17, 15) is 5.11 Å². The van der Waals surface area contributed by atoms with Gasteiger partial charge >= 0.3 is 0 Å². The molecule has 1 rings (SSSR count). The van der Waals surface area contributed by atoms with Crippen molar-refractivity contribution in [3.05, 3.63) is 30.1 Å². The molecule has 0 aliphatic rings. The number of hydrogen-bond donors (Lipinski definition) is 1. The first-order chi connectivity index (χ1) is 5.17. The van der Waals surface area contributed by atoms with Crippen molar-refractivity contribution in [2.24, 2.45) is 0 Å². The SMILES string of the molecule is C[C@@](O)(C#N)c1ccncc1. The minimum absolute atomic E-state index is 0.565. The fourth-order valence-electron chi connectivity index (χ4n) is 0.741. The zero-order valence-corrected chi connectivity index (χ0v) is 6.15. The molecule has 1 aromatic rings. The van der Waals surface area contributed by atoms with E-state index in [1.165, 1.54) is 6.92 Å². The van der Waals surface area contributed by atoms with Gasteiger partial charge in [-0.05, 0) is 19.1 Å². The molecule has 0 aliphatic carbocycles. The fourth-order valence-corrected chi connectivity index (χ4v) is 0.741. The monoisotopic (exact) mass is 148 g/mol. The number of aromatic nitrogens is 1. The molecule has 56 valence electrons. The van der Waals surface area contributed by atoms with Crippen molar-refractivity contribution in [2.75, 3.05) is 0 Å². The number of nitriles is 1. The van der Waals surface area contributed by atoms with Crippen LogP contribution in [0.4, 0.5) is 0 Å². The summed E-state index contributed by atoms with van der Waals surface area (Å²) >= 11 is 0. The molecular weight excluding hydrogens is 140 g/mol. The average Bonchev–Trinajstić information content (AvgIpc) is 2.06. The second kappa shape index (κ2) is 2.69. The van der Waals surface area contributed by atoms with Crippen molar-refractivity contribution in [3.63, 3.8) is 0 Å². The Morgan fingerprint density at radius 1 is 1.55 bits per heavy atom. The number of rotatable bonds is 1. The second-order valence-electron chi connectivity index (χ2n) is 2.42. The van der Waals surface area contributed by atoms with Gasteiger partial charge in [0, 0.05) is 18.0 Å². The molecule has 0 aliphatic heterocycles. The summed E-state index contributed by atoms with van der Waals surface area (Å²) in [5.41, 5.74) is -0.835. The molecule has 3 heteroatoms. The van der Waals surface area contributed by atoms with Gasteiger partial charge in [-0.25, -0.2) is 0 Å². The van der Waals surface area contributed by atoms with Gasteiger partial charge in [0.05, 0.1) is 0 Å². The molecule has 1 atom stereocenters. The summed E-state index contributed by atoms with van der Waals surface area (Å²) in [4.78, 5) is 3.77. The Labute approximate surface area is 64.9 Å². The molecule has 0 spiro atoms. The lowest BCUT2D eigenvalue weighted by molar-refractivity contribution is 0.119. The van der Waals surface area contributed by atoms with Gasteiger partial charge in [-0.15, -0.1) is 0 Å². The summed E-state index contributed by atoms with van der Waals surface area (Å²) in [6, 6.07) is 5.01. The predicted octanol–water partition coefficient (Wildman–Crippen LogP) is 0.813.